The van der Waals surface area contributed by atoms with Crippen molar-refractivity contribution in [2.24, 2.45) is 17.8 Å². The van der Waals surface area contributed by atoms with Crippen molar-refractivity contribution in [3.05, 3.63) is 47.0 Å². The number of halogens is 1. The van der Waals surface area contributed by atoms with Crippen molar-refractivity contribution >= 4 is 17.5 Å². The van der Waals surface area contributed by atoms with Gasteiger partial charge in [0.15, 0.2) is 0 Å². The molecule has 1 aromatic carbocycles. The summed E-state index contributed by atoms with van der Waals surface area (Å²) >= 11 is 5.92. The highest BCUT2D eigenvalue weighted by Gasteiger charge is 2.59. The minimum atomic E-state index is 0.00679. The molecule has 0 aliphatic heterocycles. The van der Waals surface area contributed by atoms with E-state index in [2.05, 4.69) is 27.0 Å². The Hall–Kier alpha value is -1.88. The monoisotopic (exact) mass is 384 g/mol. The van der Waals surface area contributed by atoms with Gasteiger partial charge in [0.2, 0.25) is 0 Å². The Morgan fingerprint density at radius 3 is 2.59 bits per heavy atom. The summed E-state index contributed by atoms with van der Waals surface area (Å²) in [7, 11) is 0. The number of benzene rings is 1. The van der Waals surface area contributed by atoms with Crippen LogP contribution in [0.25, 0.3) is 0 Å². The lowest BCUT2D eigenvalue weighted by Crippen LogP contribution is -2.37. The van der Waals surface area contributed by atoms with Crippen LogP contribution in [0.2, 0.25) is 5.02 Å². The minimum Gasteiger partial charge on any atom is -0.349 e. The van der Waals surface area contributed by atoms with Gasteiger partial charge in [-0.1, -0.05) is 18.5 Å². The van der Waals surface area contributed by atoms with Gasteiger partial charge in [-0.25, -0.2) is 9.67 Å². The fourth-order valence-corrected chi connectivity index (χ4v) is 5.28. The SMILES string of the molecule is CCC(NC(=O)c1ccc(Cl)cc1)C1[C@H]2CC(n3ncnc3C3CC3)C[C@@H]12. The van der Waals surface area contributed by atoms with E-state index in [0.29, 0.717) is 40.3 Å². The van der Waals surface area contributed by atoms with E-state index in [1.165, 1.54) is 31.5 Å². The van der Waals surface area contributed by atoms with Crippen LogP contribution in [0, 0.1) is 17.8 Å². The largest absolute Gasteiger partial charge is 0.349 e. The van der Waals surface area contributed by atoms with Crippen molar-refractivity contribution in [2.45, 2.75) is 57.0 Å². The predicted octanol–water partition coefficient (Wildman–Crippen LogP) is 4.21. The highest BCUT2D eigenvalue weighted by atomic mass is 35.5. The highest BCUT2D eigenvalue weighted by Crippen LogP contribution is 2.62. The van der Waals surface area contributed by atoms with Gasteiger partial charge in [0.1, 0.15) is 12.2 Å². The molecular formula is C21H25ClN4O. The van der Waals surface area contributed by atoms with Crippen molar-refractivity contribution in [1.82, 2.24) is 20.1 Å². The number of aromatic nitrogens is 3. The maximum Gasteiger partial charge on any atom is 0.251 e. The normalized spacial score (nSPS) is 30.0. The van der Waals surface area contributed by atoms with Gasteiger partial charge in [-0.3, -0.25) is 4.79 Å². The Morgan fingerprint density at radius 2 is 1.96 bits per heavy atom. The number of nitrogens with one attached hydrogen (secondary N) is 1. The van der Waals surface area contributed by atoms with Crippen LogP contribution in [0.1, 0.15) is 67.2 Å². The van der Waals surface area contributed by atoms with Gasteiger partial charge in [0.05, 0.1) is 6.04 Å². The van der Waals surface area contributed by atoms with Gasteiger partial charge < -0.3 is 5.32 Å². The molecule has 6 heteroatoms. The molecule has 5 nitrogen and oxygen atoms in total. The van der Waals surface area contributed by atoms with E-state index in [-0.39, 0.29) is 11.9 Å². The molecule has 3 saturated carbocycles. The summed E-state index contributed by atoms with van der Waals surface area (Å²) < 4.78 is 2.20. The van der Waals surface area contributed by atoms with Crippen molar-refractivity contribution in [1.29, 1.82) is 0 Å². The van der Waals surface area contributed by atoms with E-state index in [0.717, 1.165) is 6.42 Å². The van der Waals surface area contributed by atoms with Gasteiger partial charge in [0, 0.05) is 22.5 Å². The molecule has 3 aliphatic carbocycles. The summed E-state index contributed by atoms with van der Waals surface area (Å²) in [5.74, 6) is 3.87. The van der Waals surface area contributed by atoms with E-state index in [9.17, 15) is 4.79 Å². The van der Waals surface area contributed by atoms with Gasteiger partial charge >= 0.3 is 0 Å². The summed E-state index contributed by atoms with van der Waals surface area (Å²) in [6.45, 7) is 2.17. The smallest absolute Gasteiger partial charge is 0.251 e. The second kappa shape index (κ2) is 6.62. The number of fused-ring (bicyclic) bond motifs is 1. The molecule has 5 atom stereocenters. The average molecular weight is 385 g/mol. The van der Waals surface area contributed by atoms with Crippen molar-refractivity contribution < 1.29 is 4.79 Å². The maximum absolute atomic E-state index is 12.6. The number of hydrogen-bond donors (Lipinski definition) is 1. The second-order valence-electron chi connectivity index (χ2n) is 8.36. The van der Waals surface area contributed by atoms with Crippen LogP contribution in [0.4, 0.5) is 0 Å². The zero-order valence-electron chi connectivity index (χ0n) is 15.5. The summed E-state index contributed by atoms with van der Waals surface area (Å²) in [4.78, 5) is 17.1. The average Bonchev–Trinajstić information content (AvgIpc) is 3.53. The molecule has 1 aromatic heterocycles. The fraction of sp³-hybridized carbons (Fsp3) is 0.571. The number of rotatable bonds is 6. The van der Waals surface area contributed by atoms with Crippen molar-refractivity contribution in [3.63, 3.8) is 0 Å². The molecule has 0 saturated heterocycles. The maximum atomic E-state index is 12.6. The molecule has 0 bridgehead atoms. The number of amides is 1. The van der Waals surface area contributed by atoms with Crippen LogP contribution in [-0.2, 0) is 0 Å². The van der Waals surface area contributed by atoms with Crippen molar-refractivity contribution in [3.8, 4) is 0 Å². The number of carbonyl (C=O) groups is 1. The molecule has 5 rings (SSSR count). The Morgan fingerprint density at radius 1 is 1.26 bits per heavy atom. The lowest BCUT2D eigenvalue weighted by molar-refractivity contribution is 0.0926. The molecule has 3 aliphatic rings. The molecule has 0 spiro atoms. The Balaban J connectivity index is 1.21. The van der Waals surface area contributed by atoms with Gasteiger partial charge in [0.25, 0.3) is 5.91 Å². The Bertz CT molecular complexity index is 832. The van der Waals surface area contributed by atoms with E-state index in [4.69, 9.17) is 11.6 Å². The summed E-state index contributed by atoms with van der Waals surface area (Å²) in [6.07, 6.45) is 7.55. The van der Waals surface area contributed by atoms with Crippen LogP contribution in [-0.4, -0.2) is 26.7 Å². The van der Waals surface area contributed by atoms with Gasteiger partial charge in [-0.15, -0.1) is 0 Å². The van der Waals surface area contributed by atoms with Crippen LogP contribution in [0.15, 0.2) is 30.6 Å². The molecule has 27 heavy (non-hydrogen) atoms. The summed E-state index contributed by atoms with van der Waals surface area (Å²) in [5.41, 5.74) is 0.679. The summed E-state index contributed by atoms with van der Waals surface area (Å²) in [6, 6.07) is 7.87. The van der Waals surface area contributed by atoms with Crippen LogP contribution in [0.3, 0.4) is 0 Å². The van der Waals surface area contributed by atoms with E-state index in [1.807, 2.05) is 0 Å². The third-order valence-electron chi connectivity index (χ3n) is 6.70. The molecular weight excluding hydrogens is 360 g/mol. The third-order valence-corrected chi connectivity index (χ3v) is 6.95. The lowest BCUT2D eigenvalue weighted by atomic mass is 9.99. The first-order chi connectivity index (χ1) is 13.2. The topological polar surface area (TPSA) is 59.8 Å². The number of carbonyl (C=O) groups excluding carboxylic acids is 1. The standard InChI is InChI=1S/C21H25ClN4O/c1-2-18(25-21(27)13-5-7-14(22)8-6-13)19-16-9-15(10-17(16)19)26-20(12-3-4-12)23-11-24-26/h5-8,11-12,15-19H,2-4,9-10H2,1H3,(H,25,27)/t15?,16-,17+,18?,19?. The Kier molecular flexibility index (Phi) is 4.23. The quantitative estimate of drug-likeness (QED) is 0.811. The molecule has 1 heterocycles. The first kappa shape index (κ1) is 17.2. The Labute approximate surface area is 164 Å². The van der Waals surface area contributed by atoms with Crippen LogP contribution in [0.5, 0.6) is 0 Å². The molecule has 3 unspecified atom stereocenters. The molecule has 1 N–H and O–H groups in total. The molecule has 142 valence electrons. The van der Waals surface area contributed by atoms with Crippen LogP contribution < -0.4 is 5.32 Å². The minimum absolute atomic E-state index is 0.00679. The summed E-state index contributed by atoms with van der Waals surface area (Å²) in [5, 5.41) is 8.44. The third kappa shape index (κ3) is 3.16. The van der Waals surface area contributed by atoms with Crippen LogP contribution >= 0.6 is 11.6 Å². The number of nitrogens with zero attached hydrogens (tertiary/aromatic N) is 3. The highest BCUT2D eigenvalue weighted by molar-refractivity contribution is 6.30. The molecule has 0 radical (unpaired) electrons. The second-order valence-corrected chi connectivity index (χ2v) is 8.80. The fourth-order valence-electron chi connectivity index (χ4n) is 5.16. The van der Waals surface area contributed by atoms with E-state index < -0.39 is 0 Å². The molecule has 1 amide bonds. The number of hydrogen-bond acceptors (Lipinski definition) is 3. The predicted molar refractivity (Wildman–Crippen MR) is 104 cm³/mol. The zero-order chi connectivity index (χ0) is 18.5. The van der Waals surface area contributed by atoms with E-state index in [1.54, 1.807) is 30.6 Å². The first-order valence-electron chi connectivity index (χ1n) is 10.1. The van der Waals surface area contributed by atoms with Gasteiger partial charge in [-0.05, 0) is 74.1 Å². The van der Waals surface area contributed by atoms with Gasteiger partial charge in [-0.2, -0.15) is 5.10 Å². The van der Waals surface area contributed by atoms with E-state index >= 15 is 0 Å². The molecule has 2 aromatic rings. The molecule has 3 fully saturated rings. The van der Waals surface area contributed by atoms with Crippen molar-refractivity contribution in [2.75, 3.05) is 0 Å². The zero-order valence-corrected chi connectivity index (χ0v) is 16.3. The lowest BCUT2D eigenvalue weighted by Gasteiger charge is -2.22. The first-order valence-corrected chi connectivity index (χ1v) is 10.5.